The summed E-state index contributed by atoms with van der Waals surface area (Å²) < 4.78 is 4.32. The molecule has 0 spiro atoms. The van der Waals surface area contributed by atoms with Crippen LogP contribution in [0.4, 0.5) is 0 Å². The summed E-state index contributed by atoms with van der Waals surface area (Å²) >= 11 is 0. The molecule has 1 heterocycles. The predicted octanol–water partition coefficient (Wildman–Crippen LogP) is -0.566. The SMILES string of the molecule is [CH2][C@H](O)[C@H]1OC(=O)C(O)=C1O. The van der Waals surface area contributed by atoms with Gasteiger partial charge >= 0.3 is 5.97 Å². The van der Waals surface area contributed by atoms with Crippen LogP contribution in [0, 0.1) is 6.92 Å². The van der Waals surface area contributed by atoms with E-state index in [0.29, 0.717) is 0 Å². The lowest BCUT2D eigenvalue weighted by atomic mass is 10.2. The number of carbonyl (C=O) groups excluding carboxylic acids is 1. The van der Waals surface area contributed by atoms with Crippen molar-refractivity contribution >= 4 is 5.97 Å². The molecule has 0 aromatic heterocycles. The van der Waals surface area contributed by atoms with Crippen LogP contribution < -0.4 is 0 Å². The number of aliphatic hydroxyl groups is 3. The minimum absolute atomic E-state index is 0.669. The van der Waals surface area contributed by atoms with Gasteiger partial charge in [0.25, 0.3) is 0 Å². The fraction of sp³-hybridized carbons (Fsp3) is 0.333. The summed E-state index contributed by atoms with van der Waals surface area (Å²) in [6, 6.07) is 0. The maximum absolute atomic E-state index is 10.5. The molecule has 0 unspecified atom stereocenters. The van der Waals surface area contributed by atoms with Crippen molar-refractivity contribution in [3.05, 3.63) is 18.4 Å². The van der Waals surface area contributed by atoms with E-state index in [-0.39, 0.29) is 0 Å². The molecule has 1 aliphatic heterocycles. The van der Waals surface area contributed by atoms with Crippen molar-refractivity contribution < 1.29 is 24.9 Å². The van der Waals surface area contributed by atoms with Gasteiger partial charge in [0, 0.05) is 0 Å². The topological polar surface area (TPSA) is 87.0 Å². The van der Waals surface area contributed by atoms with E-state index in [9.17, 15) is 4.79 Å². The predicted molar refractivity (Wildman–Crippen MR) is 33.5 cm³/mol. The van der Waals surface area contributed by atoms with Gasteiger partial charge < -0.3 is 20.1 Å². The van der Waals surface area contributed by atoms with Crippen LogP contribution >= 0.6 is 0 Å². The molecular weight excluding hydrogens is 152 g/mol. The highest BCUT2D eigenvalue weighted by Crippen LogP contribution is 2.20. The largest absolute Gasteiger partial charge is 0.505 e. The van der Waals surface area contributed by atoms with Crippen LogP contribution in [0.3, 0.4) is 0 Å². The number of rotatable bonds is 1. The molecule has 0 aromatic carbocycles. The number of esters is 1. The molecule has 2 atom stereocenters. The number of hydrogen-bond acceptors (Lipinski definition) is 5. The third-order valence-corrected chi connectivity index (χ3v) is 1.29. The number of carbonyl (C=O) groups is 1. The first kappa shape index (κ1) is 7.87. The van der Waals surface area contributed by atoms with Crippen LogP contribution in [0.2, 0.25) is 0 Å². The standard InChI is InChI=1S/C6H7O5/c1-2(7)5-3(8)4(9)6(10)11-5/h2,5,7-9H,1H2/t2-,5+/m0/s1. The number of cyclic esters (lactones) is 1. The monoisotopic (exact) mass is 159 g/mol. The zero-order valence-corrected chi connectivity index (χ0v) is 5.52. The summed E-state index contributed by atoms with van der Waals surface area (Å²) in [5, 5.41) is 26.3. The molecule has 3 N–H and O–H groups in total. The molecule has 5 heteroatoms. The Balaban J connectivity index is 2.86. The van der Waals surface area contributed by atoms with Crippen LogP contribution in [-0.2, 0) is 9.53 Å². The van der Waals surface area contributed by atoms with Crippen molar-refractivity contribution in [2.24, 2.45) is 0 Å². The van der Waals surface area contributed by atoms with Gasteiger partial charge in [-0.15, -0.1) is 0 Å². The van der Waals surface area contributed by atoms with Gasteiger partial charge in [0.15, 0.2) is 11.9 Å². The molecule has 61 valence electrons. The van der Waals surface area contributed by atoms with E-state index < -0.39 is 29.7 Å². The van der Waals surface area contributed by atoms with Gasteiger partial charge in [-0.05, 0) is 6.92 Å². The van der Waals surface area contributed by atoms with Crippen molar-refractivity contribution in [1.82, 2.24) is 0 Å². The normalized spacial score (nSPS) is 27.1. The van der Waals surface area contributed by atoms with E-state index in [1.54, 1.807) is 0 Å². The average molecular weight is 159 g/mol. The molecule has 11 heavy (non-hydrogen) atoms. The molecule has 0 saturated heterocycles. The van der Waals surface area contributed by atoms with E-state index in [4.69, 9.17) is 15.3 Å². The van der Waals surface area contributed by atoms with Crippen LogP contribution in [0.25, 0.3) is 0 Å². The number of aliphatic hydroxyl groups excluding tert-OH is 3. The van der Waals surface area contributed by atoms with Gasteiger partial charge in [0.2, 0.25) is 5.76 Å². The molecule has 1 radical (unpaired) electrons. The van der Waals surface area contributed by atoms with Crippen molar-refractivity contribution in [3.8, 4) is 0 Å². The molecule has 0 aromatic rings. The Kier molecular flexibility index (Phi) is 1.74. The van der Waals surface area contributed by atoms with Gasteiger partial charge in [-0.2, -0.15) is 0 Å². The molecule has 0 bridgehead atoms. The van der Waals surface area contributed by atoms with Gasteiger partial charge in [-0.1, -0.05) is 0 Å². The molecular formula is C6H7O5. The number of ether oxygens (including phenoxy) is 1. The van der Waals surface area contributed by atoms with Crippen LogP contribution in [0.1, 0.15) is 0 Å². The highest BCUT2D eigenvalue weighted by Gasteiger charge is 2.37. The lowest BCUT2D eigenvalue weighted by molar-refractivity contribution is -0.145. The molecule has 0 aliphatic carbocycles. The molecule has 0 amide bonds. The molecule has 0 fully saturated rings. The van der Waals surface area contributed by atoms with E-state index in [1.807, 2.05) is 0 Å². The minimum atomic E-state index is -1.27. The summed E-state index contributed by atoms with van der Waals surface area (Å²) in [6.45, 7) is 3.11. The maximum Gasteiger partial charge on any atom is 0.377 e. The Bertz CT molecular complexity index is 217. The molecule has 1 aliphatic rings. The van der Waals surface area contributed by atoms with Gasteiger partial charge in [0.1, 0.15) is 0 Å². The maximum atomic E-state index is 10.5. The Morgan fingerprint density at radius 3 is 2.27 bits per heavy atom. The summed E-state index contributed by atoms with van der Waals surface area (Å²) in [5.74, 6) is -2.58. The average Bonchev–Trinajstić information content (AvgIpc) is 2.17. The number of hydrogen-bond donors (Lipinski definition) is 3. The van der Waals surface area contributed by atoms with E-state index in [0.717, 1.165) is 0 Å². The minimum Gasteiger partial charge on any atom is -0.505 e. The Labute approximate surface area is 62.5 Å². The van der Waals surface area contributed by atoms with Crippen molar-refractivity contribution in [3.63, 3.8) is 0 Å². The first-order chi connectivity index (χ1) is 5.04. The van der Waals surface area contributed by atoms with E-state index in [1.165, 1.54) is 0 Å². The van der Waals surface area contributed by atoms with Crippen molar-refractivity contribution in [2.45, 2.75) is 12.2 Å². The smallest absolute Gasteiger partial charge is 0.377 e. The van der Waals surface area contributed by atoms with E-state index >= 15 is 0 Å². The van der Waals surface area contributed by atoms with E-state index in [2.05, 4.69) is 11.7 Å². The molecule has 5 nitrogen and oxygen atoms in total. The highest BCUT2D eigenvalue weighted by molar-refractivity contribution is 5.89. The second-order valence-corrected chi connectivity index (χ2v) is 2.13. The summed E-state index contributed by atoms with van der Waals surface area (Å²) in [6.07, 6.45) is -2.51. The molecule has 1 rings (SSSR count). The third kappa shape index (κ3) is 1.14. The van der Waals surface area contributed by atoms with Crippen LogP contribution in [0.5, 0.6) is 0 Å². The lowest BCUT2D eigenvalue weighted by Gasteiger charge is -2.11. The van der Waals surface area contributed by atoms with Crippen molar-refractivity contribution in [1.29, 1.82) is 0 Å². The third-order valence-electron chi connectivity index (χ3n) is 1.29. The first-order valence-corrected chi connectivity index (χ1v) is 2.88. The van der Waals surface area contributed by atoms with Crippen molar-refractivity contribution in [2.75, 3.05) is 0 Å². The fourth-order valence-electron chi connectivity index (χ4n) is 0.727. The second-order valence-electron chi connectivity index (χ2n) is 2.13. The Morgan fingerprint density at radius 2 is 2.09 bits per heavy atom. The lowest BCUT2D eigenvalue weighted by Crippen LogP contribution is -2.25. The Hall–Kier alpha value is -1.23. The quantitative estimate of drug-likeness (QED) is 0.446. The highest BCUT2D eigenvalue weighted by atomic mass is 16.6. The second kappa shape index (κ2) is 2.43. The van der Waals surface area contributed by atoms with Crippen LogP contribution in [-0.4, -0.2) is 33.5 Å². The van der Waals surface area contributed by atoms with Gasteiger partial charge in [0.05, 0.1) is 6.10 Å². The molecule has 0 saturated carbocycles. The zero-order valence-electron chi connectivity index (χ0n) is 5.52. The zero-order chi connectivity index (χ0) is 8.59. The van der Waals surface area contributed by atoms with Crippen LogP contribution in [0.15, 0.2) is 11.5 Å². The fourth-order valence-corrected chi connectivity index (χ4v) is 0.727. The summed E-state index contributed by atoms with van der Waals surface area (Å²) in [5.41, 5.74) is 0. The summed E-state index contributed by atoms with van der Waals surface area (Å²) in [7, 11) is 0. The van der Waals surface area contributed by atoms with Gasteiger partial charge in [-0.3, -0.25) is 0 Å². The summed E-state index contributed by atoms with van der Waals surface area (Å²) in [4.78, 5) is 10.5. The first-order valence-electron chi connectivity index (χ1n) is 2.88. The Morgan fingerprint density at radius 1 is 1.55 bits per heavy atom. The van der Waals surface area contributed by atoms with Gasteiger partial charge in [-0.25, -0.2) is 4.79 Å².